The van der Waals surface area contributed by atoms with Gasteiger partial charge in [-0.2, -0.15) is 22.0 Å². The number of hydrogen-bond donors (Lipinski definition) is 2. The van der Waals surface area contributed by atoms with Crippen LogP contribution in [0.3, 0.4) is 0 Å². The van der Waals surface area contributed by atoms with Crippen molar-refractivity contribution < 1.29 is 31.9 Å². The van der Waals surface area contributed by atoms with E-state index in [1.807, 2.05) is 5.32 Å². The van der Waals surface area contributed by atoms with Gasteiger partial charge < -0.3 is 10.4 Å². The topological polar surface area (TPSA) is 49.3 Å². The van der Waals surface area contributed by atoms with Crippen LogP contribution in [0, 0.1) is 11.8 Å². The summed E-state index contributed by atoms with van der Waals surface area (Å²) in [5.41, 5.74) is -3.16. The summed E-state index contributed by atoms with van der Waals surface area (Å²) in [5, 5.41) is 11.5. The Labute approximate surface area is 134 Å². The van der Waals surface area contributed by atoms with Crippen LogP contribution in [0.2, 0.25) is 0 Å². The van der Waals surface area contributed by atoms with Gasteiger partial charge in [0.1, 0.15) is 5.60 Å². The molecule has 0 spiro atoms. The summed E-state index contributed by atoms with van der Waals surface area (Å²) in [5.74, 6) is -0.912. The molecule has 2 rings (SSSR count). The van der Waals surface area contributed by atoms with Crippen molar-refractivity contribution in [3.8, 4) is 11.8 Å². The predicted molar refractivity (Wildman–Crippen MR) is 75.1 cm³/mol. The number of amides is 1. The summed E-state index contributed by atoms with van der Waals surface area (Å²) in [7, 11) is 0. The maximum absolute atomic E-state index is 13.7. The fourth-order valence-corrected chi connectivity index (χ4v) is 2.19. The highest BCUT2D eigenvalue weighted by Gasteiger charge is 2.60. The average molecular weight is 347 g/mol. The van der Waals surface area contributed by atoms with Crippen molar-refractivity contribution in [3.63, 3.8) is 0 Å². The van der Waals surface area contributed by atoms with Crippen LogP contribution in [0.4, 0.5) is 22.0 Å². The third kappa shape index (κ3) is 3.67. The van der Waals surface area contributed by atoms with Crippen molar-refractivity contribution in [2.45, 2.75) is 37.0 Å². The van der Waals surface area contributed by atoms with Crippen molar-refractivity contribution in [2.75, 3.05) is 6.54 Å². The van der Waals surface area contributed by atoms with Gasteiger partial charge in [0.2, 0.25) is 0 Å². The number of halogens is 5. The van der Waals surface area contributed by atoms with Crippen LogP contribution in [0.25, 0.3) is 0 Å². The molecule has 0 atom stereocenters. The summed E-state index contributed by atoms with van der Waals surface area (Å²) < 4.78 is 65.1. The predicted octanol–water partition coefficient (Wildman–Crippen LogP) is 2.72. The fourth-order valence-electron chi connectivity index (χ4n) is 2.19. The second kappa shape index (κ2) is 6.40. The van der Waals surface area contributed by atoms with Crippen molar-refractivity contribution in [3.05, 3.63) is 35.4 Å². The van der Waals surface area contributed by atoms with E-state index in [2.05, 4.69) is 11.8 Å². The first-order chi connectivity index (χ1) is 11.1. The molecule has 0 saturated heterocycles. The molecule has 8 heteroatoms. The lowest BCUT2D eigenvalue weighted by Crippen LogP contribution is -2.60. The van der Waals surface area contributed by atoms with Crippen LogP contribution in [0.15, 0.2) is 24.3 Å². The molecule has 1 fully saturated rings. The van der Waals surface area contributed by atoms with Crippen molar-refractivity contribution in [1.82, 2.24) is 5.32 Å². The number of alkyl halides is 5. The Bertz CT molecular complexity index is 684. The highest BCUT2D eigenvalue weighted by Crippen LogP contribution is 2.44. The SMILES string of the molecule is O=C(NCC#Cc1cccc(C(F)(F)F)c1)C(F)(F)C1(O)CCC1. The Hall–Kier alpha value is -2.14. The van der Waals surface area contributed by atoms with E-state index in [-0.39, 0.29) is 18.4 Å². The van der Waals surface area contributed by atoms with E-state index in [0.717, 1.165) is 12.1 Å². The van der Waals surface area contributed by atoms with Gasteiger partial charge >= 0.3 is 12.1 Å². The minimum absolute atomic E-state index is 0.0449. The van der Waals surface area contributed by atoms with Gasteiger partial charge in [-0.05, 0) is 37.5 Å². The first-order valence-electron chi connectivity index (χ1n) is 7.11. The van der Waals surface area contributed by atoms with Crippen LogP contribution < -0.4 is 5.32 Å². The molecule has 130 valence electrons. The maximum Gasteiger partial charge on any atom is 0.416 e. The summed E-state index contributed by atoms with van der Waals surface area (Å²) in [6, 6.07) is 4.20. The Morgan fingerprint density at radius 3 is 2.46 bits per heavy atom. The molecule has 3 nitrogen and oxygen atoms in total. The first kappa shape index (κ1) is 18.2. The van der Waals surface area contributed by atoms with Gasteiger partial charge in [0.25, 0.3) is 5.91 Å². The van der Waals surface area contributed by atoms with E-state index >= 15 is 0 Å². The molecule has 1 amide bonds. The normalized spacial score (nSPS) is 16.6. The van der Waals surface area contributed by atoms with Crippen molar-refractivity contribution in [1.29, 1.82) is 0 Å². The summed E-state index contributed by atoms with van der Waals surface area (Å²) in [4.78, 5) is 11.5. The molecule has 0 aromatic heterocycles. The second-order valence-electron chi connectivity index (χ2n) is 5.52. The quantitative estimate of drug-likeness (QED) is 0.653. The van der Waals surface area contributed by atoms with Crippen molar-refractivity contribution >= 4 is 5.91 Å². The largest absolute Gasteiger partial charge is 0.416 e. The van der Waals surface area contributed by atoms with Crippen LogP contribution >= 0.6 is 0 Å². The van der Waals surface area contributed by atoms with Crippen LogP contribution in [-0.4, -0.2) is 29.1 Å². The fraction of sp³-hybridized carbons (Fsp3) is 0.438. The standard InChI is InChI=1S/C16H14F5NO2/c17-15(18,14(24)7-3-8-14)13(23)22-9-2-5-11-4-1-6-12(10-11)16(19,20)21/h1,4,6,10,24H,3,7-9H2,(H,22,23). The number of benzene rings is 1. The van der Waals surface area contributed by atoms with E-state index in [9.17, 15) is 31.9 Å². The molecule has 1 aliphatic carbocycles. The van der Waals surface area contributed by atoms with E-state index in [1.54, 1.807) is 0 Å². The monoisotopic (exact) mass is 347 g/mol. The zero-order chi connectivity index (χ0) is 18.0. The third-order valence-electron chi connectivity index (χ3n) is 3.81. The van der Waals surface area contributed by atoms with E-state index in [0.29, 0.717) is 6.42 Å². The van der Waals surface area contributed by atoms with Gasteiger partial charge in [0, 0.05) is 5.56 Å². The zero-order valence-corrected chi connectivity index (χ0v) is 12.4. The molecule has 1 saturated carbocycles. The summed E-state index contributed by atoms with van der Waals surface area (Å²) in [6.07, 6.45) is -4.42. The van der Waals surface area contributed by atoms with E-state index in [1.165, 1.54) is 12.1 Å². The summed E-state index contributed by atoms with van der Waals surface area (Å²) in [6.45, 7) is -0.471. The number of nitrogens with one attached hydrogen (secondary N) is 1. The number of hydrogen-bond acceptors (Lipinski definition) is 2. The molecule has 2 N–H and O–H groups in total. The highest BCUT2D eigenvalue weighted by atomic mass is 19.4. The second-order valence-corrected chi connectivity index (χ2v) is 5.52. The Kier molecular flexibility index (Phi) is 4.85. The van der Waals surface area contributed by atoms with Gasteiger partial charge in [-0.25, -0.2) is 0 Å². The molecule has 1 aromatic rings. The molecule has 0 aliphatic heterocycles. The lowest BCUT2D eigenvalue weighted by Gasteiger charge is -2.41. The molecule has 24 heavy (non-hydrogen) atoms. The smallest absolute Gasteiger partial charge is 0.383 e. The maximum atomic E-state index is 13.7. The zero-order valence-electron chi connectivity index (χ0n) is 12.4. The van der Waals surface area contributed by atoms with E-state index < -0.39 is 35.7 Å². The highest BCUT2D eigenvalue weighted by molar-refractivity contribution is 5.85. The lowest BCUT2D eigenvalue weighted by molar-refractivity contribution is -0.215. The molecular formula is C16H14F5NO2. The van der Waals surface area contributed by atoms with Gasteiger partial charge in [-0.1, -0.05) is 17.9 Å². The first-order valence-corrected chi connectivity index (χ1v) is 7.11. The number of aliphatic hydroxyl groups is 1. The van der Waals surface area contributed by atoms with Gasteiger partial charge in [-0.3, -0.25) is 4.79 Å². The van der Waals surface area contributed by atoms with Crippen LogP contribution in [-0.2, 0) is 11.0 Å². The molecule has 0 radical (unpaired) electrons. The van der Waals surface area contributed by atoms with Gasteiger partial charge in [0.05, 0.1) is 12.1 Å². The average Bonchev–Trinajstić information content (AvgIpc) is 2.48. The Balaban J connectivity index is 1.96. The third-order valence-corrected chi connectivity index (χ3v) is 3.81. The minimum Gasteiger partial charge on any atom is -0.383 e. The molecule has 0 bridgehead atoms. The lowest BCUT2D eigenvalue weighted by atomic mass is 9.75. The van der Waals surface area contributed by atoms with Gasteiger partial charge in [0.15, 0.2) is 0 Å². The minimum atomic E-state index is -4.51. The molecular weight excluding hydrogens is 333 g/mol. The molecule has 0 heterocycles. The van der Waals surface area contributed by atoms with E-state index in [4.69, 9.17) is 0 Å². The molecule has 1 aromatic carbocycles. The van der Waals surface area contributed by atoms with Crippen LogP contribution in [0.5, 0.6) is 0 Å². The van der Waals surface area contributed by atoms with Gasteiger partial charge in [-0.15, -0.1) is 0 Å². The number of carbonyl (C=O) groups excluding carboxylic acids is 1. The Morgan fingerprint density at radius 2 is 1.92 bits per heavy atom. The molecule has 1 aliphatic rings. The Morgan fingerprint density at radius 1 is 1.25 bits per heavy atom. The summed E-state index contributed by atoms with van der Waals surface area (Å²) >= 11 is 0. The number of rotatable bonds is 3. The van der Waals surface area contributed by atoms with Crippen LogP contribution in [0.1, 0.15) is 30.4 Å². The van der Waals surface area contributed by atoms with Crippen molar-refractivity contribution in [2.24, 2.45) is 0 Å². The molecule has 0 unspecified atom stereocenters. The number of carbonyl (C=O) groups is 1.